The fourth-order valence-corrected chi connectivity index (χ4v) is 3.95. The van der Waals surface area contributed by atoms with Crippen molar-refractivity contribution in [1.29, 1.82) is 0 Å². The van der Waals surface area contributed by atoms with Gasteiger partial charge in [-0.05, 0) is 24.8 Å². The smallest absolute Gasteiger partial charge is 0.409 e. The molecule has 2 heterocycles. The number of hydrogen-bond acceptors (Lipinski definition) is 6. The number of ether oxygens (including phenoxy) is 2. The van der Waals surface area contributed by atoms with Gasteiger partial charge in [-0.2, -0.15) is 0 Å². The molecule has 9 nitrogen and oxygen atoms in total. The van der Waals surface area contributed by atoms with Crippen molar-refractivity contribution in [3.05, 3.63) is 47.2 Å². The van der Waals surface area contributed by atoms with Crippen LogP contribution in [0, 0.1) is 5.92 Å². The molecular weight excluding hydrogens is 424 g/mol. The van der Waals surface area contributed by atoms with E-state index < -0.39 is 12.0 Å². The van der Waals surface area contributed by atoms with Gasteiger partial charge in [0.2, 0.25) is 0 Å². The third-order valence-corrected chi connectivity index (χ3v) is 5.55. The van der Waals surface area contributed by atoms with Crippen LogP contribution in [0.25, 0.3) is 0 Å². The van der Waals surface area contributed by atoms with Crippen molar-refractivity contribution in [2.24, 2.45) is 5.92 Å². The number of amides is 3. The van der Waals surface area contributed by atoms with Gasteiger partial charge >= 0.3 is 18.1 Å². The minimum absolute atomic E-state index is 0.238. The molecule has 3 amide bonds. The average Bonchev–Trinajstić information content (AvgIpc) is 3.03. The molecular formula is C24H34N4O5. The number of rotatable bonds is 7. The summed E-state index contributed by atoms with van der Waals surface area (Å²) < 4.78 is 10.7. The van der Waals surface area contributed by atoms with Crippen LogP contribution in [0.15, 0.2) is 41.6 Å². The first-order chi connectivity index (χ1) is 15.9. The zero-order chi connectivity index (χ0) is 23.8. The van der Waals surface area contributed by atoms with Gasteiger partial charge in [0, 0.05) is 38.4 Å². The normalized spacial score (nSPS) is 19.6. The summed E-state index contributed by atoms with van der Waals surface area (Å²) in [6.45, 7) is 9.24. The lowest BCUT2D eigenvalue weighted by Crippen LogP contribution is -2.48. The Labute approximate surface area is 195 Å². The van der Waals surface area contributed by atoms with Gasteiger partial charge < -0.3 is 25.0 Å². The lowest BCUT2D eigenvalue weighted by molar-refractivity contribution is -0.139. The summed E-state index contributed by atoms with van der Waals surface area (Å²) in [4.78, 5) is 41.6. The third kappa shape index (κ3) is 6.71. The molecule has 0 bridgehead atoms. The second kappa shape index (κ2) is 11.7. The maximum absolute atomic E-state index is 12.9. The molecule has 0 aliphatic carbocycles. The van der Waals surface area contributed by atoms with Gasteiger partial charge in [0.1, 0.15) is 0 Å². The van der Waals surface area contributed by atoms with Crippen LogP contribution < -0.4 is 10.6 Å². The van der Waals surface area contributed by atoms with Crippen LogP contribution >= 0.6 is 0 Å². The van der Waals surface area contributed by atoms with Gasteiger partial charge in [0.25, 0.3) is 0 Å². The van der Waals surface area contributed by atoms with Crippen molar-refractivity contribution in [1.82, 2.24) is 20.4 Å². The van der Waals surface area contributed by atoms with E-state index >= 15 is 0 Å². The SMILES string of the molecule is CCOC(=O)C1=C(CN2CCCN(C(=O)OCC(C)C)CC2)NC(=O)NC1c1ccccc1. The predicted molar refractivity (Wildman–Crippen MR) is 123 cm³/mol. The minimum atomic E-state index is -0.594. The van der Waals surface area contributed by atoms with Gasteiger partial charge in [-0.3, -0.25) is 4.90 Å². The zero-order valence-corrected chi connectivity index (χ0v) is 19.6. The fourth-order valence-electron chi connectivity index (χ4n) is 3.95. The van der Waals surface area contributed by atoms with E-state index in [1.807, 2.05) is 44.2 Å². The van der Waals surface area contributed by atoms with E-state index in [-0.39, 0.29) is 24.6 Å². The summed E-state index contributed by atoms with van der Waals surface area (Å²) in [7, 11) is 0. The first kappa shape index (κ1) is 24.6. The Morgan fingerprint density at radius 3 is 2.55 bits per heavy atom. The highest BCUT2D eigenvalue weighted by Gasteiger charge is 2.34. The standard InChI is InChI=1S/C24H34N4O5/c1-4-32-22(29)20-19(25-23(30)26-21(20)18-9-6-5-7-10-18)15-27-11-8-12-28(14-13-27)24(31)33-16-17(2)3/h5-7,9-10,17,21H,4,8,11-16H2,1-3H3,(H2,25,26,30). The van der Waals surface area contributed by atoms with Crippen molar-refractivity contribution < 1.29 is 23.9 Å². The van der Waals surface area contributed by atoms with Crippen LogP contribution in [0.3, 0.4) is 0 Å². The Hall–Kier alpha value is -3.07. The van der Waals surface area contributed by atoms with E-state index in [1.54, 1.807) is 11.8 Å². The van der Waals surface area contributed by atoms with Crippen LogP contribution in [-0.2, 0) is 14.3 Å². The molecule has 1 atom stereocenters. The Kier molecular flexibility index (Phi) is 8.71. The second-order valence-corrected chi connectivity index (χ2v) is 8.64. The quantitative estimate of drug-likeness (QED) is 0.610. The van der Waals surface area contributed by atoms with Crippen molar-refractivity contribution >= 4 is 18.1 Å². The summed E-state index contributed by atoms with van der Waals surface area (Å²) in [5.41, 5.74) is 1.74. The highest BCUT2D eigenvalue weighted by molar-refractivity contribution is 5.95. The summed E-state index contributed by atoms with van der Waals surface area (Å²) in [5, 5.41) is 5.67. The summed E-state index contributed by atoms with van der Waals surface area (Å²) in [6.07, 6.45) is 0.476. The number of benzene rings is 1. The van der Waals surface area contributed by atoms with Crippen LogP contribution in [0.1, 0.15) is 38.8 Å². The molecule has 0 saturated carbocycles. The van der Waals surface area contributed by atoms with Gasteiger partial charge in [0.15, 0.2) is 0 Å². The molecule has 9 heteroatoms. The van der Waals surface area contributed by atoms with Gasteiger partial charge in [-0.1, -0.05) is 44.2 Å². The van der Waals surface area contributed by atoms with E-state index in [2.05, 4.69) is 15.5 Å². The van der Waals surface area contributed by atoms with Gasteiger partial charge in [0.05, 0.1) is 24.8 Å². The van der Waals surface area contributed by atoms with E-state index in [4.69, 9.17) is 9.47 Å². The van der Waals surface area contributed by atoms with Crippen LogP contribution in [0.4, 0.5) is 9.59 Å². The average molecular weight is 459 g/mol. The van der Waals surface area contributed by atoms with Gasteiger partial charge in [-0.25, -0.2) is 14.4 Å². The Morgan fingerprint density at radius 2 is 1.85 bits per heavy atom. The van der Waals surface area contributed by atoms with Crippen molar-refractivity contribution in [2.45, 2.75) is 33.2 Å². The van der Waals surface area contributed by atoms with E-state index in [0.717, 1.165) is 18.5 Å². The summed E-state index contributed by atoms with van der Waals surface area (Å²) in [5.74, 6) is -0.172. The maximum atomic E-state index is 12.9. The Morgan fingerprint density at radius 1 is 1.09 bits per heavy atom. The minimum Gasteiger partial charge on any atom is -0.463 e. The molecule has 2 aliphatic heterocycles. The van der Waals surface area contributed by atoms with E-state index in [0.29, 0.717) is 44.1 Å². The monoisotopic (exact) mass is 458 g/mol. The molecule has 180 valence electrons. The Bertz CT molecular complexity index is 871. The maximum Gasteiger partial charge on any atom is 0.409 e. The largest absolute Gasteiger partial charge is 0.463 e. The molecule has 2 aliphatic rings. The number of nitrogens with one attached hydrogen (secondary N) is 2. The number of urea groups is 1. The molecule has 1 unspecified atom stereocenters. The first-order valence-corrected chi connectivity index (χ1v) is 11.6. The number of nitrogens with zero attached hydrogens (tertiary/aromatic N) is 2. The van der Waals surface area contributed by atoms with Crippen LogP contribution in [-0.4, -0.2) is 73.8 Å². The molecule has 2 N–H and O–H groups in total. The molecule has 1 saturated heterocycles. The molecule has 0 aromatic heterocycles. The highest BCUT2D eigenvalue weighted by atomic mass is 16.6. The van der Waals surface area contributed by atoms with Crippen LogP contribution in [0.5, 0.6) is 0 Å². The first-order valence-electron chi connectivity index (χ1n) is 11.6. The van der Waals surface area contributed by atoms with Gasteiger partial charge in [-0.15, -0.1) is 0 Å². The molecule has 3 rings (SSSR count). The van der Waals surface area contributed by atoms with Crippen molar-refractivity contribution in [3.8, 4) is 0 Å². The number of hydrogen-bond donors (Lipinski definition) is 2. The fraction of sp³-hybridized carbons (Fsp3) is 0.542. The lowest BCUT2D eigenvalue weighted by atomic mass is 9.95. The zero-order valence-electron chi connectivity index (χ0n) is 19.6. The number of carbonyl (C=O) groups is 3. The van der Waals surface area contributed by atoms with E-state index in [9.17, 15) is 14.4 Å². The van der Waals surface area contributed by atoms with Crippen molar-refractivity contribution in [2.75, 3.05) is 45.9 Å². The predicted octanol–water partition coefficient (Wildman–Crippen LogP) is 2.66. The molecule has 0 radical (unpaired) electrons. The van der Waals surface area contributed by atoms with E-state index in [1.165, 1.54) is 0 Å². The molecule has 1 aromatic rings. The number of carbonyl (C=O) groups excluding carboxylic acids is 3. The summed E-state index contributed by atoms with van der Waals surface area (Å²) >= 11 is 0. The van der Waals surface area contributed by atoms with Crippen molar-refractivity contribution in [3.63, 3.8) is 0 Å². The molecule has 33 heavy (non-hydrogen) atoms. The number of esters is 1. The summed E-state index contributed by atoms with van der Waals surface area (Å²) in [6, 6.07) is 8.42. The Balaban J connectivity index is 1.77. The topological polar surface area (TPSA) is 100 Å². The molecule has 1 fully saturated rings. The molecule has 0 spiro atoms. The lowest BCUT2D eigenvalue weighted by Gasteiger charge is -2.31. The molecule has 1 aromatic carbocycles. The third-order valence-electron chi connectivity index (χ3n) is 5.55. The van der Waals surface area contributed by atoms with Crippen LogP contribution in [0.2, 0.25) is 0 Å². The highest BCUT2D eigenvalue weighted by Crippen LogP contribution is 2.28. The second-order valence-electron chi connectivity index (χ2n) is 8.64.